The Morgan fingerprint density at radius 3 is 1.52 bits per heavy atom. The van der Waals surface area contributed by atoms with Crippen molar-refractivity contribution in [1.82, 2.24) is 0 Å². The Balaban J connectivity index is 1.88. The Morgan fingerprint density at radius 2 is 1.13 bits per heavy atom. The van der Waals surface area contributed by atoms with Crippen LogP contribution in [0.4, 0.5) is 0 Å². The van der Waals surface area contributed by atoms with Crippen molar-refractivity contribution in [3.8, 4) is 11.5 Å². The third-order valence-electron chi connectivity index (χ3n) is 3.36. The van der Waals surface area contributed by atoms with Gasteiger partial charge in [0.05, 0.1) is 0 Å². The van der Waals surface area contributed by atoms with Crippen LogP contribution in [0.25, 0.3) is 0 Å². The van der Waals surface area contributed by atoms with Crippen LogP contribution in [-0.4, -0.2) is 0 Å². The molecule has 120 valence electrons. The first-order chi connectivity index (χ1) is 11.0. The number of benzene rings is 2. The van der Waals surface area contributed by atoms with Crippen LogP contribution in [0.3, 0.4) is 0 Å². The molecule has 1 heterocycles. The van der Waals surface area contributed by atoms with Crippen LogP contribution in [0.1, 0.15) is 11.1 Å². The van der Waals surface area contributed by atoms with Crippen LogP contribution < -0.4 is 9.05 Å². The summed E-state index contributed by atoms with van der Waals surface area (Å²) in [7, 11) is -1.10. The fourth-order valence-corrected chi connectivity index (χ4v) is 6.62. The van der Waals surface area contributed by atoms with Gasteiger partial charge in [-0.15, -0.1) is 0 Å². The van der Waals surface area contributed by atoms with Gasteiger partial charge >= 0.3 is 6.80 Å². The van der Waals surface area contributed by atoms with Crippen molar-refractivity contribution < 1.29 is 13.6 Å². The Bertz CT molecular complexity index is 715. The van der Waals surface area contributed by atoms with E-state index in [2.05, 4.69) is 0 Å². The number of allylic oxidation sites excluding steroid dienone is 2. The third kappa shape index (κ3) is 3.90. The van der Waals surface area contributed by atoms with E-state index in [0.29, 0.717) is 11.5 Å². The Hall–Kier alpha value is -1.90. The lowest BCUT2D eigenvalue weighted by atomic mass is 10.2. The molecule has 0 spiro atoms. The molecule has 1 aliphatic rings. The van der Waals surface area contributed by atoms with Crippen LogP contribution >= 0.6 is 17.3 Å². The molecule has 0 saturated heterocycles. The van der Waals surface area contributed by atoms with Crippen molar-refractivity contribution in [1.29, 1.82) is 0 Å². The van der Waals surface area contributed by atoms with E-state index in [1.807, 2.05) is 85.3 Å². The molecule has 2 aromatic carbocycles. The topological polar surface area (TPSA) is 35.5 Å². The van der Waals surface area contributed by atoms with Gasteiger partial charge in [-0.1, -0.05) is 58.1 Å². The van der Waals surface area contributed by atoms with Gasteiger partial charge in [0.1, 0.15) is 11.5 Å². The molecule has 0 fully saturated rings. The molecule has 3 rings (SSSR count). The monoisotopic (exact) mass is 346 g/mol. The van der Waals surface area contributed by atoms with E-state index in [1.165, 1.54) is 0 Å². The van der Waals surface area contributed by atoms with Crippen molar-refractivity contribution in [2.75, 3.05) is 0 Å². The second-order valence-corrected chi connectivity index (χ2v) is 10.9. The maximum Gasteiger partial charge on any atom is 0.479 e. The number of aryl methyl sites for hydroxylation is 2. The molecule has 0 radical (unpaired) electrons. The summed E-state index contributed by atoms with van der Waals surface area (Å²) in [6, 6.07) is 15.0. The second-order valence-electron chi connectivity index (χ2n) is 5.34. The van der Waals surface area contributed by atoms with E-state index in [9.17, 15) is 4.57 Å². The molecule has 0 saturated carbocycles. The summed E-state index contributed by atoms with van der Waals surface area (Å²) in [5, 5.41) is 3.80. The standard InChI is InChI=1S/C18H19O3PS/c1-15-5-9-17(10-6-15)20-22(19,23-13-3-4-14-23)21-18-11-7-16(2)8-12-18/h3-14,23H,1-2H3. The van der Waals surface area contributed by atoms with Gasteiger partial charge in [-0.2, -0.15) is 0 Å². The molecule has 5 heteroatoms. The highest BCUT2D eigenvalue weighted by Gasteiger charge is 2.34. The molecule has 1 aliphatic heterocycles. The highest BCUT2D eigenvalue weighted by Crippen LogP contribution is 2.71. The van der Waals surface area contributed by atoms with Crippen molar-refractivity contribution in [2.24, 2.45) is 0 Å². The SMILES string of the molecule is Cc1ccc(OP(=O)(Oc2ccc(C)cc2)[SH]2C=CC=C2)cc1. The van der Waals surface area contributed by atoms with Gasteiger partial charge in [0.25, 0.3) is 0 Å². The summed E-state index contributed by atoms with van der Waals surface area (Å²) in [6.45, 7) is 0.648. The Labute approximate surface area is 139 Å². The fourth-order valence-electron chi connectivity index (χ4n) is 2.07. The molecule has 0 amide bonds. The molecule has 0 aromatic heterocycles. The summed E-state index contributed by atoms with van der Waals surface area (Å²) in [6.07, 6.45) is 3.77. The fraction of sp³-hybridized carbons (Fsp3) is 0.111. The largest absolute Gasteiger partial charge is 0.479 e. The molecular weight excluding hydrogens is 327 g/mol. The van der Waals surface area contributed by atoms with Crippen molar-refractivity contribution in [3.05, 3.63) is 82.6 Å². The predicted molar refractivity (Wildman–Crippen MR) is 98.5 cm³/mol. The van der Waals surface area contributed by atoms with Crippen LogP contribution in [0.15, 0.2) is 71.5 Å². The van der Waals surface area contributed by atoms with Crippen molar-refractivity contribution in [3.63, 3.8) is 0 Å². The first kappa shape index (κ1) is 16.0. The maximum atomic E-state index is 13.4. The molecule has 0 N–H and O–H groups in total. The zero-order chi connectivity index (χ0) is 16.3. The average molecular weight is 346 g/mol. The van der Waals surface area contributed by atoms with Gasteiger partial charge in [-0.25, -0.2) is 4.57 Å². The van der Waals surface area contributed by atoms with Gasteiger partial charge in [0.15, 0.2) is 0 Å². The predicted octanol–water partition coefficient (Wildman–Crippen LogP) is 5.91. The number of rotatable bonds is 5. The van der Waals surface area contributed by atoms with Gasteiger partial charge in [-0.05, 0) is 48.9 Å². The zero-order valence-corrected chi connectivity index (χ0v) is 14.8. The molecule has 0 aliphatic carbocycles. The summed E-state index contributed by atoms with van der Waals surface area (Å²) < 4.78 is 25.1. The molecule has 0 unspecified atom stereocenters. The summed E-state index contributed by atoms with van der Waals surface area (Å²) in [5.41, 5.74) is 2.25. The van der Waals surface area contributed by atoms with Gasteiger partial charge in [-0.3, -0.25) is 0 Å². The lowest BCUT2D eigenvalue weighted by molar-refractivity contribution is 0.408. The Kier molecular flexibility index (Phi) is 4.65. The first-order valence-corrected chi connectivity index (χ1v) is 11.0. The molecule has 0 atom stereocenters. The van der Waals surface area contributed by atoms with Gasteiger partial charge in [0, 0.05) is 0 Å². The molecule has 0 bridgehead atoms. The van der Waals surface area contributed by atoms with E-state index in [4.69, 9.17) is 9.05 Å². The number of hydrogen-bond acceptors (Lipinski definition) is 3. The Morgan fingerprint density at radius 1 is 0.739 bits per heavy atom. The van der Waals surface area contributed by atoms with Crippen LogP contribution in [0.5, 0.6) is 11.5 Å². The molecule has 3 nitrogen and oxygen atoms in total. The summed E-state index contributed by atoms with van der Waals surface area (Å²) in [4.78, 5) is 0. The first-order valence-electron chi connectivity index (χ1n) is 7.32. The number of hydrogen-bond donors (Lipinski definition) is 1. The minimum Gasteiger partial charge on any atom is -0.409 e. The highest BCUT2D eigenvalue weighted by molar-refractivity contribution is 8.69. The van der Waals surface area contributed by atoms with Gasteiger partial charge in [0.2, 0.25) is 0 Å². The zero-order valence-electron chi connectivity index (χ0n) is 13.0. The van der Waals surface area contributed by atoms with Crippen LogP contribution in [0, 0.1) is 13.8 Å². The molecular formula is C18H19O3PS. The quantitative estimate of drug-likeness (QED) is 0.540. The normalized spacial score (nSPS) is 15.0. The summed E-state index contributed by atoms with van der Waals surface area (Å²) >= 11 is 0. The lowest BCUT2D eigenvalue weighted by Gasteiger charge is -2.25. The smallest absolute Gasteiger partial charge is 0.409 e. The summed E-state index contributed by atoms with van der Waals surface area (Å²) in [5.74, 6) is 1.12. The van der Waals surface area contributed by atoms with Crippen molar-refractivity contribution in [2.45, 2.75) is 13.8 Å². The van der Waals surface area contributed by atoms with Crippen LogP contribution in [0.2, 0.25) is 0 Å². The minimum absolute atomic E-state index is 0.558. The van der Waals surface area contributed by atoms with E-state index in [-0.39, 0.29) is 0 Å². The van der Waals surface area contributed by atoms with Crippen LogP contribution in [-0.2, 0) is 4.57 Å². The highest BCUT2D eigenvalue weighted by atomic mass is 32.8. The third-order valence-corrected chi connectivity index (χ3v) is 8.75. The van der Waals surface area contributed by atoms with E-state index < -0.39 is 17.3 Å². The minimum atomic E-state index is -3.35. The molecule has 23 heavy (non-hydrogen) atoms. The van der Waals surface area contributed by atoms with Gasteiger partial charge < -0.3 is 9.05 Å². The van der Waals surface area contributed by atoms with E-state index in [1.54, 1.807) is 0 Å². The molecule has 2 aromatic rings. The average Bonchev–Trinajstić information content (AvgIpc) is 3.07. The van der Waals surface area contributed by atoms with Crippen molar-refractivity contribution >= 4 is 17.3 Å². The maximum absolute atomic E-state index is 13.4. The number of thiol groups is 1. The van der Waals surface area contributed by atoms with E-state index >= 15 is 0 Å². The van der Waals surface area contributed by atoms with E-state index in [0.717, 1.165) is 11.1 Å². The second kappa shape index (κ2) is 6.69. The lowest BCUT2D eigenvalue weighted by Crippen LogP contribution is -2.00.